The maximum atomic E-state index is 13.1. The van der Waals surface area contributed by atoms with Crippen molar-refractivity contribution in [3.8, 4) is 5.75 Å². The van der Waals surface area contributed by atoms with Crippen LogP contribution in [0.3, 0.4) is 0 Å². The van der Waals surface area contributed by atoms with E-state index >= 15 is 0 Å². The van der Waals surface area contributed by atoms with Crippen LogP contribution in [0.5, 0.6) is 5.75 Å². The smallest absolute Gasteiger partial charge is 0.416 e. The largest absolute Gasteiger partial charge is 0.508 e. The predicted molar refractivity (Wildman–Crippen MR) is 127 cm³/mol. The fourth-order valence-electron chi connectivity index (χ4n) is 4.44. The van der Waals surface area contributed by atoms with Gasteiger partial charge in [0.05, 0.1) is 25.8 Å². The lowest BCUT2D eigenvalue weighted by molar-refractivity contribution is -0.137. The van der Waals surface area contributed by atoms with Crippen molar-refractivity contribution in [1.29, 1.82) is 5.41 Å². The maximum Gasteiger partial charge on any atom is 0.416 e. The van der Waals surface area contributed by atoms with Gasteiger partial charge in [-0.1, -0.05) is 6.07 Å². The van der Waals surface area contributed by atoms with Gasteiger partial charge < -0.3 is 10.5 Å². The summed E-state index contributed by atoms with van der Waals surface area (Å²) in [5.41, 5.74) is -1.60. The van der Waals surface area contributed by atoms with Crippen molar-refractivity contribution in [1.82, 2.24) is 0 Å². The van der Waals surface area contributed by atoms with Gasteiger partial charge in [0.25, 0.3) is 0 Å². The molecular formula is C24H26F3NO6S2. The Morgan fingerprint density at radius 1 is 1.06 bits per heavy atom. The van der Waals surface area contributed by atoms with E-state index in [0.717, 1.165) is 42.7 Å². The summed E-state index contributed by atoms with van der Waals surface area (Å²) in [5.74, 6) is -1.86. The van der Waals surface area contributed by atoms with Crippen molar-refractivity contribution in [2.24, 2.45) is 11.8 Å². The number of phenolic OH excluding ortho intramolecular Hbond substituents is 1. The highest BCUT2D eigenvalue weighted by Crippen LogP contribution is 2.44. The molecule has 0 aromatic heterocycles. The van der Waals surface area contributed by atoms with E-state index in [1.54, 1.807) is 0 Å². The molecule has 1 aliphatic rings. The van der Waals surface area contributed by atoms with Crippen LogP contribution in [0.25, 0.3) is 0 Å². The highest BCUT2D eigenvalue weighted by Gasteiger charge is 2.44. The Morgan fingerprint density at radius 3 is 2.22 bits per heavy atom. The third kappa shape index (κ3) is 5.49. The molecule has 1 saturated carbocycles. The van der Waals surface area contributed by atoms with E-state index < -0.39 is 52.8 Å². The number of ketones is 1. The summed E-state index contributed by atoms with van der Waals surface area (Å²) < 4.78 is 88.1. The van der Waals surface area contributed by atoms with Crippen LogP contribution in [-0.4, -0.2) is 44.4 Å². The number of hydrogen-bond donors (Lipinski definition) is 2. The van der Waals surface area contributed by atoms with Crippen molar-refractivity contribution >= 4 is 31.2 Å². The molecule has 0 amide bonds. The quantitative estimate of drug-likeness (QED) is 0.366. The Labute approximate surface area is 207 Å². The first-order chi connectivity index (χ1) is 16.3. The molecule has 0 spiro atoms. The Balaban J connectivity index is 1.72. The van der Waals surface area contributed by atoms with E-state index in [4.69, 9.17) is 5.41 Å². The molecule has 2 aromatic rings. The molecule has 196 valence electrons. The molecule has 2 N–H and O–H groups in total. The number of hydrogen-bond acceptors (Lipinski definition) is 7. The van der Waals surface area contributed by atoms with Crippen LogP contribution in [0.1, 0.15) is 49.0 Å². The Hall–Kier alpha value is -2.73. The number of sulfone groups is 2. The first-order valence-electron chi connectivity index (χ1n) is 10.9. The van der Waals surface area contributed by atoms with Gasteiger partial charge in [0, 0.05) is 17.7 Å². The molecule has 0 aliphatic heterocycles. The SMILES string of the molecule is CC(C)(CC1CC(C(=N)C(=O)c2ccc(O)cc2S(C)(=O)=O)C1)S(=O)(=O)c1cccc(C(F)(F)F)c1. The monoisotopic (exact) mass is 545 g/mol. The second-order valence-electron chi connectivity index (χ2n) is 9.72. The minimum Gasteiger partial charge on any atom is -0.508 e. The Kier molecular flexibility index (Phi) is 7.19. The number of rotatable bonds is 8. The summed E-state index contributed by atoms with van der Waals surface area (Å²) in [6.45, 7) is 2.86. The van der Waals surface area contributed by atoms with E-state index in [-0.39, 0.29) is 34.3 Å². The van der Waals surface area contributed by atoms with Gasteiger partial charge in [0.2, 0.25) is 5.78 Å². The molecule has 0 radical (unpaired) electrons. The van der Waals surface area contributed by atoms with Crippen molar-refractivity contribution in [3.63, 3.8) is 0 Å². The van der Waals surface area contributed by atoms with E-state index in [1.807, 2.05) is 0 Å². The third-order valence-electron chi connectivity index (χ3n) is 6.48. The van der Waals surface area contributed by atoms with Gasteiger partial charge in [0.15, 0.2) is 19.7 Å². The van der Waals surface area contributed by atoms with E-state index in [1.165, 1.54) is 13.8 Å². The first kappa shape index (κ1) is 27.9. The lowest BCUT2D eigenvalue weighted by Crippen LogP contribution is -2.41. The number of phenols is 1. The van der Waals surface area contributed by atoms with Gasteiger partial charge in [0.1, 0.15) is 5.75 Å². The highest BCUT2D eigenvalue weighted by atomic mass is 32.2. The molecule has 12 heteroatoms. The van der Waals surface area contributed by atoms with Crippen molar-refractivity contribution in [2.45, 2.75) is 53.8 Å². The number of alkyl halides is 3. The molecule has 0 unspecified atom stereocenters. The molecule has 0 atom stereocenters. The number of aromatic hydroxyl groups is 1. The van der Waals surface area contributed by atoms with Crippen molar-refractivity contribution < 1.29 is 39.9 Å². The predicted octanol–water partition coefficient (Wildman–Crippen LogP) is 4.69. The lowest BCUT2D eigenvalue weighted by Gasteiger charge is -2.39. The van der Waals surface area contributed by atoms with Crippen LogP contribution in [-0.2, 0) is 25.9 Å². The van der Waals surface area contributed by atoms with E-state index in [9.17, 15) is 39.9 Å². The second kappa shape index (κ2) is 9.29. The minimum absolute atomic E-state index is 0.108. The summed E-state index contributed by atoms with van der Waals surface area (Å²) in [6.07, 6.45) is -3.08. The minimum atomic E-state index is -4.68. The van der Waals surface area contributed by atoms with Crippen LogP contribution < -0.4 is 0 Å². The van der Waals surface area contributed by atoms with Crippen LogP contribution in [0.15, 0.2) is 52.3 Å². The normalized spacial score (nSPS) is 18.9. The van der Waals surface area contributed by atoms with Crippen LogP contribution in [0, 0.1) is 17.2 Å². The topological polar surface area (TPSA) is 129 Å². The maximum absolute atomic E-state index is 13.1. The molecule has 2 aromatic carbocycles. The molecule has 1 fully saturated rings. The number of Topliss-reactive ketones (excluding diaryl/α,β-unsaturated/α-hetero) is 1. The molecule has 3 rings (SSSR count). The number of halogens is 3. The van der Waals surface area contributed by atoms with Gasteiger partial charge in [-0.2, -0.15) is 13.2 Å². The zero-order chi connectivity index (χ0) is 27.3. The van der Waals surface area contributed by atoms with Crippen LogP contribution >= 0.6 is 0 Å². The van der Waals surface area contributed by atoms with Crippen LogP contribution in [0.2, 0.25) is 0 Å². The summed E-state index contributed by atoms with van der Waals surface area (Å²) in [5, 5.41) is 17.9. The molecule has 1 aliphatic carbocycles. The van der Waals surface area contributed by atoms with Crippen molar-refractivity contribution in [2.75, 3.05) is 6.26 Å². The summed E-state index contributed by atoms with van der Waals surface area (Å²) >= 11 is 0. The fraction of sp³-hybridized carbons (Fsp3) is 0.417. The average molecular weight is 546 g/mol. The zero-order valence-electron chi connectivity index (χ0n) is 19.8. The Bertz CT molecular complexity index is 1420. The van der Waals surface area contributed by atoms with Crippen molar-refractivity contribution in [3.05, 3.63) is 53.6 Å². The second-order valence-corrected chi connectivity index (χ2v) is 14.3. The molecule has 0 saturated heterocycles. The third-order valence-corrected chi connectivity index (χ3v) is 10.1. The molecule has 0 heterocycles. The Morgan fingerprint density at radius 2 is 1.67 bits per heavy atom. The summed E-state index contributed by atoms with van der Waals surface area (Å²) in [4.78, 5) is 12.0. The first-order valence-corrected chi connectivity index (χ1v) is 14.3. The number of benzene rings is 2. The van der Waals surface area contributed by atoms with Gasteiger partial charge in [-0.25, -0.2) is 16.8 Å². The van der Waals surface area contributed by atoms with Crippen LogP contribution in [0.4, 0.5) is 13.2 Å². The summed E-state index contributed by atoms with van der Waals surface area (Å²) in [7, 11) is -7.98. The standard InChI is InChI=1S/C24H26F3NO6S2/c1-23(2,36(33,34)18-6-4-5-16(11-18)24(25,26)27)13-14-9-15(10-14)21(28)22(30)19-8-7-17(29)12-20(19)35(3,31)32/h4-8,11-12,14-15,28-29H,9-10,13H2,1-3H3. The molecule has 0 bridgehead atoms. The fourth-order valence-corrected chi connectivity index (χ4v) is 6.97. The van der Waals surface area contributed by atoms with Gasteiger partial charge in [-0.15, -0.1) is 0 Å². The number of carbonyl (C=O) groups is 1. The average Bonchev–Trinajstić information content (AvgIpc) is 2.73. The molecule has 36 heavy (non-hydrogen) atoms. The number of nitrogens with one attached hydrogen (secondary N) is 1. The van der Waals surface area contributed by atoms with Gasteiger partial charge in [-0.3, -0.25) is 4.79 Å². The molecular weight excluding hydrogens is 519 g/mol. The van der Waals surface area contributed by atoms with Gasteiger partial charge in [-0.05, 0) is 75.4 Å². The van der Waals surface area contributed by atoms with E-state index in [0.29, 0.717) is 18.9 Å². The van der Waals surface area contributed by atoms with E-state index in [2.05, 4.69) is 0 Å². The molecule has 7 nitrogen and oxygen atoms in total. The number of carbonyl (C=O) groups excluding carboxylic acids is 1. The summed E-state index contributed by atoms with van der Waals surface area (Å²) in [6, 6.07) is 6.83. The highest BCUT2D eigenvalue weighted by molar-refractivity contribution is 7.92. The van der Waals surface area contributed by atoms with Gasteiger partial charge >= 0.3 is 6.18 Å². The zero-order valence-corrected chi connectivity index (χ0v) is 21.4. The lowest BCUT2D eigenvalue weighted by atomic mass is 9.68.